The van der Waals surface area contributed by atoms with Gasteiger partial charge in [0, 0.05) is 18.0 Å². The van der Waals surface area contributed by atoms with E-state index in [0.717, 1.165) is 16.3 Å². The Bertz CT molecular complexity index is 467. The standard InChI is InChI=1S/C13H15BrN2S/c1-10(2)16(13-15-12(14)9-17-13)8-11-6-4-3-5-7-11/h3-7,9-10H,8H2,1-2H3. The van der Waals surface area contributed by atoms with Gasteiger partial charge in [0.25, 0.3) is 0 Å². The number of hydrogen-bond acceptors (Lipinski definition) is 3. The third-order valence-electron chi connectivity index (χ3n) is 2.53. The maximum absolute atomic E-state index is 4.49. The van der Waals surface area contributed by atoms with Crippen LogP contribution in [0.3, 0.4) is 0 Å². The van der Waals surface area contributed by atoms with Gasteiger partial charge in [-0.15, -0.1) is 11.3 Å². The Morgan fingerprint density at radius 1 is 1.29 bits per heavy atom. The predicted octanol–water partition coefficient (Wildman–Crippen LogP) is 4.32. The van der Waals surface area contributed by atoms with Gasteiger partial charge >= 0.3 is 0 Å². The van der Waals surface area contributed by atoms with Gasteiger partial charge in [-0.2, -0.15) is 0 Å². The van der Waals surface area contributed by atoms with Crippen LogP contribution in [0.5, 0.6) is 0 Å². The van der Waals surface area contributed by atoms with Gasteiger partial charge in [0.15, 0.2) is 5.13 Å². The molecule has 0 aliphatic heterocycles. The fourth-order valence-electron chi connectivity index (χ4n) is 1.63. The Morgan fingerprint density at radius 2 is 2.00 bits per heavy atom. The monoisotopic (exact) mass is 310 g/mol. The second-order valence-electron chi connectivity index (χ2n) is 4.16. The summed E-state index contributed by atoms with van der Waals surface area (Å²) >= 11 is 5.08. The normalized spacial score (nSPS) is 10.8. The van der Waals surface area contributed by atoms with Crippen molar-refractivity contribution in [1.82, 2.24) is 4.98 Å². The van der Waals surface area contributed by atoms with Gasteiger partial charge in [-0.05, 0) is 35.3 Å². The molecule has 0 saturated carbocycles. The maximum Gasteiger partial charge on any atom is 0.186 e. The molecule has 0 unspecified atom stereocenters. The molecule has 0 N–H and O–H groups in total. The maximum atomic E-state index is 4.49. The summed E-state index contributed by atoms with van der Waals surface area (Å²) in [6, 6.07) is 10.9. The van der Waals surface area contributed by atoms with Crippen LogP contribution in [0.1, 0.15) is 19.4 Å². The van der Waals surface area contributed by atoms with Gasteiger partial charge < -0.3 is 4.90 Å². The molecule has 0 atom stereocenters. The van der Waals surface area contributed by atoms with Crippen LogP contribution < -0.4 is 4.90 Å². The zero-order valence-electron chi connectivity index (χ0n) is 9.93. The van der Waals surface area contributed by atoms with Gasteiger partial charge in [0.1, 0.15) is 4.60 Å². The van der Waals surface area contributed by atoms with E-state index in [2.05, 4.69) is 63.9 Å². The van der Waals surface area contributed by atoms with Crippen LogP contribution in [-0.4, -0.2) is 11.0 Å². The Hall–Kier alpha value is -0.870. The van der Waals surface area contributed by atoms with Crippen molar-refractivity contribution in [3.63, 3.8) is 0 Å². The SMILES string of the molecule is CC(C)N(Cc1ccccc1)c1nc(Br)cs1. The van der Waals surface area contributed by atoms with E-state index in [1.807, 2.05) is 11.4 Å². The first-order valence-electron chi connectivity index (χ1n) is 5.58. The minimum absolute atomic E-state index is 0.438. The fraction of sp³-hybridized carbons (Fsp3) is 0.308. The minimum atomic E-state index is 0.438. The Labute approximate surface area is 114 Å². The zero-order chi connectivity index (χ0) is 12.3. The highest BCUT2D eigenvalue weighted by Crippen LogP contribution is 2.26. The molecule has 0 aliphatic rings. The largest absolute Gasteiger partial charge is 0.341 e. The average molecular weight is 311 g/mol. The van der Waals surface area contributed by atoms with Crippen molar-refractivity contribution in [2.45, 2.75) is 26.4 Å². The summed E-state index contributed by atoms with van der Waals surface area (Å²) in [5.41, 5.74) is 1.31. The van der Waals surface area contributed by atoms with Crippen LogP contribution >= 0.6 is 27.3 Å². The highest BCUT2D eigenvalue weighted by molar-refractivity contribution is 9.10. The molecule has 2 nitrogen and oxygen atoms in total. The lowest BCUT2D eigenvalue weighted by Crippen LogP contribution is -2.29. The van der Waals surface area contributed by atoms with E-state index in [-0.39, 0.29) is 0 Å². The van der Waals surface area contributed by atoms with Crippen molar-refractivity contribution < 1.29 is 0 Å². The molecule has 17 heavy (non-hydrogen) atoms. The lowest BCUT2D eigenvalue weighted by atomic mass is 10.2. The molecule has 0 saturated heterocycles. The number of anilines is 1. The number of nitrogens with zero attached hydrogens (tertiary/aromatic N) is 2. The molecule has 2 aromatic rings. The summed E-state index contributed by atoms with van der Waals surface area (Å²) in [6.07, 6.45) is 0. The molecular weight excluding hydrogens is 296 g/mol. The average Bonchev–Trinajstić information content (AvgIpc) is 2.73. The molecule has 0 bridgehead atoms. The Morgan fingerprint density at radius 3 is 2.53 bits per heavy atom. The van der Waals surface area contributed by atoms with E-state index >= 15 is 0 Å². The highest BCUT2D eigenvalue weighted by atomic mass is 79.9. The number of halogens is 1. The van der Waals surface area contributed by atoms with Crippen molar-refractivity contribution in [2.24, 2.45) is 0 Å². The molecule has 4 heteroatoms. The number of rotatable bonds is 4. The van der Waals surface area contributed by atoms with Crippen LogP contribution in [-0.2, 0) is 6.54 Å². The molecule has 1 aromatic carbocycles. The zero-order valence-corrected chi connectivity index (χ0v) is 12.3. The summed E-state index contributed by atoms with van der Waals surface area (Å²) in [6.45, 7) is 5.29. The lowest BCUT2D eigenvalue weighted by molar-refractivity contribution is 0.679. The van der Waals surface area contributed by atoms with Crippen molar-refractivity contribution in [3.05, 3.63) is 45.9 Å². The van der Waals surface area contributed by atoms with Gasteiger partial charge in [-0.1, -0.05) is 30.3 Å². The first kappa shape index (κ1) is 12.6. The van der Waals surface area contributed by atoms with Crippen LogP contribution in [0, 0.1) is 0 Å². The van der Waals surface area contributed by atoms with E-state index in [0.29, 0.717) is 6.04 Å². The molecule has 1 aromatic heterocycles. The number of aromatic nitrogens is 1. The summed E-state index contributed by atoms with van der Waals surface area (Å²) in [5.74, 6) is 0. The van der Waals surface area contributed by atoms with Crippen molar-refractivity contribution in [3.8, 4) is 0 Å². The second-order valence-corrected chi connectivity index (χ2v) is 5.81. The molecule has 1 heterocycles. The summed E-state index contributed by atoms with van der Waals surface area (Å²) in [7, 11) is 0. The Kier molecular flexibility index (Phi) is 4.18. The van der Waals surface area contributed by atoms with E-state index in [1.54, 1.807) is 11.3 Å². The minimum Gasteiger partial charge on any atom is -0.341 e. The first-order chi connectivity index (χ1) is 8.16. The van der Waals surface area contributed by atoms with E-state index in [1.165, 1.54) is 5.56 Å². The molecular formula is C13H15BrN2S. The summed E-state index contributed by atoms with van der Waals surface area (Å²) in [5, 5.41) is 3.09. The smallest absolute Gasteiger partial charge is 0.186 e. The molecule has 0 aliphatic carbocycles. The van der Waals surface area contributed by atoms with Crippen LogP contribution in [0.4, 0.5) is 5.13 Å². The topological polar surface area (TPSA) is 16.1 Å². The summed E-state index contributed by atoms with van der Waals surface area (Å²) < 4.78 is 0.913. The van der Waals surface area contributed by atoms with Crippen molar-refractivity contribution in [1.29, 1.82) is 0 Å². The number of hydrogen-bond donors (Lipinski definition) is 0. The van der Waals surface area contributed by atoms with Gasteiger partial charge in [0.2, 0.25) is 0 Å². The van der Waals surface area contributed by atoms with Gasteiger partial charge in [-0.25, -0.2) is 4.98 Å². The second kappa shape index (κ2) is 5.65. The highest BCUT2D eigenvalue weighted by Gasteiger charge is 2.14. The van der Waals surface area contributed by atoms with Crippen LogP contribution in [0.25, 0.3) is 0 Å². The number of thiazole rings is 1. The third kappa shape index (κ3) is 3.30. The molecule has 0 amide bonds. The van der Waals surface area contributed by atoms with Crippen LogP contribution in [0.2, 0.25) is 0 Å². The van der Waals surface area contributed by atoms with Crippen molar-refractivity contribution in [2.75, 3.05) is 4.90 Å². The van der Waals surface area contributed by atoms with E-state index < -0.39 is 0 Å². The summed E-state index contributed by atoms with van der Waals surface area (Å²) in [4.78, 5) is 6.80. The van der Waals surface area contributed by atoms with Gasteiger partial charge in [-0.3, -0.25) is 0 Å². The van der Waals surface area contributed by atoms with Crippen LogP contribution in [0.15, 0.2) is 40.3 Å². The predicted molar refractivity (Wildman–Crippen MR) is 77.6 cm³/mol. The van der Waals surface area contributed by atoms with E-state index in [9.17, 15) is 0 Å². The fourth-order valence-corrected chi connectivity index (χ4v) is 3.01. The number of benzene rings is 1. The quantitative estimate of drug-likeness (QED) is 0.836. The van der Waals surface area contributed by atoms with E-state index in [4.69, 9.17) is 0 Å². The first-order valence-corrected chi connectivity index (χ1v) is 7.25. The van der Waals surface area contributed by atoms with Gasteiger partial charge in [0.05, 0.1) is 0 Å². The molecule has 0 radical (unpaired) electrons. The lowest BCUT2D eigenvalue weighted by Gasteiger charge is -2.26. The molecule has 90 valence electrons. The Balaban J connectivity index is 2.19. The third-order valence-corrected chi connectivity index (χ3v) is 4.12. The molecule has 2 rings (SSSR count). The van der Waals surface area contributed by atoms with Crippen molar-refractivity contribution >= 4 is 32.4 Å². The molecule has 0 spiro atoms. The molecule has 0 fully saturated rings.